The lowest BCUT2D eigenvalue weighted by Crippen LogP contribution is -2.51. The lowest BCUT2D eigenvalue weighted by atomic mass is 9.92. The second kappa shape index (κ2) is 6.38. The zero-order valence-corrected chi connectivity index (χ0v) is 17.4. The molecule has 0 bridgehead atoms. The Morgan fingerprint density at radius 3 is 2.66 bits per heavy atom. The Balaban J connectivity index is 1.52. The molecule has 1 aliphatic carbocycles. The van der Waals surface area contributed by atoms with Crippen LogP contribution in [0.2, 0.25) is 10.0 Å². The van der Waals surface area contributed by atoms with Gasteiger partial charge in [0.25, 0.3) is 0 Å². The fourth-order valence-electron chi connectivity index (χ4n) is 5.20. The van der Waals surface area contributed by atoms with Gasteiger partial charge in [-0.3, -0.25) is 0 Å². The molecule has 3 aromatic carbocycles. The molecule has 3 nitrogen and oxygen atoms in total. The lowest BCUT2D eigenvalue weighted by Gasteiger charge is -2.46. The first-order valence-electron chi connectivity index (χ1n) is 10.2. The molecule has 0 aromatic heterocycles. The molecule has 0 N–H and O–H groups in total. The van der Waals surface area contributed by atoms with Gasteiger partial charge in [-0.2, -0.15) is 5.10 Å². The van der Waals surface area contributed by atoms with Gasteiger partial charge >= 0.3 is 0 Å². The molecule has 3 aromatic rings. The van der Waals surface area contributed by atoms with Crippen molar-refractivity contribution in [3.8, 4) is 5.75 Å². The summed E-state index contributed by atoms with van der Waals surface area (Å²) in [5.41, 5.74) is 2.94. The number of fused-ring (bicyclic) bond motifs is 5. The highest BCUT2D eigenvalue weighted by Crippen LogP contribution is 2.54. The van der Waals surface area contributed by atoms with Gasteiger partial charge in [0.2, 0.25) is 0 Å². The molecule has 0 saturated heterocycles. The molecular weight excluding hydrogens is 403 g/mol. The maximum absolute atomic E-state index is 6.58. The number of nitrogens with zero attached hydrogens (tertiary/aromatic N) is 2. The van der Waals surface area contributed by atoms with Crippen molar-refractivity contribution >= 4 is 39.7 Å². The Morgan fingerprint density at radius 1 is 1.00 bits per heavy atom. The van der Waals surface area contributed by atoms with Crippen molar-refractivity contribution in [2.24, 2.45) is 5.10 Å². The Hall–Kier alpha value is -2.23. The van der Waals surface area contributed by atoms with E-state index in [4.69, 9.17) is 33.0 Å². The van der Waals surface area contributed by atoms with Gasteiger partial charge in [0.05, 0.1) is 16.8 Å². The van der Waals surface area contributed by atoms with Gasteiger partial charge in [-0.15, -0.1) is 0 Å². The molecule has 29 heavy (non-hydrogen) atoms. The predicted octanol–water partition coefficient (Wildman–Crippen LogP) is 6.96. The second-order valence-electron chi connectivity index (χ2n) is 8.20. The van der Waals surface area contributed by atoms with Crippen LogP contribution in [0.15, 0.2) is 59.7 Å². The van der Waals surface area contributed by atoms with E-state index >= 15 is 0 Å². The van der Waals surface area contributed by atoms with Gasteiger partial charge in [0.1, 0.15) is 5.75 Å². The first-order chi connectivity index (χ1) is 14.1. The van der Waals surface area contributed by atoms with E-state index in [0.717, 1.165) is 49.1 Å². The quantitative estimate of drug-likeness (QED) is 0.423. The SMILES string of the molecule is Clc1cc(Cl)c2c(c1)[C@@H]1CC(c3cccc4ccccc34)=NN1C1(CCCC1)O2. The summed E-state index contributed by atoms with van der Waals surface area (Å²) < 4.78 is 6.58. The van der Waals surface area contributed by atoms with E-state index in [1.54, 1.807) is 6.07 Å². The number of benzene rings is 3. The Labute approximate surface area is 179 Å². The van der Waals surface area contributed by atoms with Crippen LogP contribution >= 0.6 is 23.2 Å². The highest BCUT2D eigenvalue weighted by Gasteiger charge is 2.52. The molecule has 2 aliphatic heterocycles. The molecule has 1 spiro atoms. The summed E-state index contributed by atoms with van der Waals surface area (Å²) in [7, 11) is 0. The summed E-state index contributed by atoms with van der Waals surface area (Å²) in [4.78, 5) is 0. The Kier molecular flexibility index (Phi) is 3.88. The van der Waals surface area contributed by atoms with E-state index in [0.29, 0.717) is 10.0 Å². The van der Waals surface area contributed by atoms with E-state index < -0.39 is 5.72 Å². The predicted molar refractivity (Wildman–Crippen MR) is 118 cm³/mol. The summed E-state index contributed by atoms with van der Waals surface area (Å²) in [6.45, 7) is 0. The number of rotatable bonds is 1. The summed E-state index contributed by atoms with van der Waals surface area (Å²) in [6, 6.07) is 18.8. The third-order valence-corrected chi connectivity index (χ3v) is 7.00. The van der Waals surface area contributed by atoms with Crippen LogP contribution in [0.4, 0.5) is 0 Å². The minimum atomic E-state index is -0.401. The monoisotopic (exact) mass is 422 g/mol. The van der Waals surface area contributed by atoms with Crippen molar-refractivity contribution < 1.29 is 4.74 Å². The second-order valence-corrected chi connectivity index (χ2v) is 9.04. The van der Waals surface area contributed by atoms with Crippen molar-refractivity contribution in [1.82, 2.24) is 5.01 Å². The van der Waals surface area contributed by atoms with Crippen molar-refractivity contribution in [2.75, 3.05) is 0 Å². The van der Waals surface area contributed by atoms with E-state index in [1.807, 2.05) is 6.07 Å². The number of ether oxygens (including phenoxy) is 1. The third-order valence-electron chi connectivity index (χ3n) is 6.50. The van der Waals surface area contributed by atoms with Crippen LogP contribution in [0, 0.1) is 0 Å². The molecule has 0 radical (unpaired) electrons. The van der Waals surface area contributed by atoms with Crippen LogP contribution in [0.1, 0.15) is 49.3 Å². The average molecular weight is 423 g/mol. The van der Waals surface area contributed by atoms with Crippen LogP contribution in [-0.2, 0) is 0 Å². The fourth-order valence-corrected chi connectivity index (χ4v) is 5.75. The van der Waals surface area contributed by atoms with Crippen LogP contribution in [0.3, 0.4) is 0 Å². The highest BCUT2D eigenvalue weighted by molar-refractivity contribution is 6.35. The van der Waals surface area contributed by atoms with Gasteiger partial charge in [-0.05, 0) is 35.7 Å². The van der Waals surface area contributed by atoms with E-state index in [2.05, 4.69) is 47.5 Å². The molecule has 5 heteroatoms. The molecule has 0 amide bonds. The van der Waals surface area contributed by atoms with Crippen molar-refractivity contribution in [3.63, 3.8) is 0 Å². The van der Waals surface area contributed by atoms with Crippen molar-refractivity contribution in [2.45, 2.75) is 43.9 Å². The molecular formula is C24H20Cl2N2O. The number of hydrazone groups is 1. The zero-order chi connectivity index (χ0) is 19.6. The van der Waals surface area contributed by atoms with Gasteiger partial charge < -0.3 is 4.74 Å². The normalized spacial score (nSPS) is 21.8. The summed E-state index contributed by atoms with van der Waals surface area (Å²) in [5, 5.41) is 11.1. The van der Waals surface area contributed by atoms with Crippen molar-refractivity contribution in [1.29, 1.82) is 0 Å². The first kappa shape index (κ1) is 17.6. The van der Waals surface area contributed by atoms with Gasteiger partial charge in [-0.1, -0.05) is 65.7 Å². The van der Waals surface area contributed by atoms with Crippen LogP contribution in [0.25, 0.3) is 10.8 Å². The fraction of sp³-hybridized carbons (Fsp3) is 0.292. The van der Waals surface area contributed by atoms with Crippen molar-refractivity contribution in [3.05, 3.63) is 75.8 Å². The maximum Gasteiger partial charge on any atom is 0.198 e. The standard InChI is InChI=1S/C24H20Cl2N2O/c25-16-12-19-22-14-21(18-9-5-7-15-6-1-2-8-17(15)18)27-28(22)24(10-3-4-11-24)29-23(19)20(26)13-16/h1-2,5-9,12-13,22H,3-4,10-11,14H2/t22-/m0/s1. The maximum atomic E-state index is 6.58. The Morgan fingerprint density at radius 2 is 1.79 bits per heavy atom. The number of hydrogen-bond acceptors (Lipinski definition) is 3. The topological polar surface area (TPSA) is 24.8 Å². The molecule has 1 saturated carbocycles. The molecule has 1 fully saturated rings. The molecule has 146 valence electrons. The van der Waals surface area contributed by atoms with Crippen LogP contribution in [-0.4, -0.2) is 16.4 Å². The number of halogens is 2. The third kappa shape index (κ3) is 2.60. The molecule has 2 heterocycles. The lowest BCUT2D eigenvalue weighted by molar-refractivity contribution is -0.114. The molecule has 6 rings (SSSR count). The van der Waals surface area contributed by atoms with E-state index in [1.165, 1.54) is 16.3 Å². The molecule has 0 unspecified atom stereocenters. The largest absolute Gasteiger partial charge is 0.465 e. The zero-order valence-electron chi connectivity index (χ0n) is 15.9. The highest BCUT2D eigenvalue weighted by atomic mass is 35.5. The Bertz CT molecular complexity index is 1160. The minimum absolute atomic E-state index is 0.0991. The molecule has 3 aliphatic rings. The summed E-state index contributed by atoms with van der Waals surface area (Å²) >= 11 is 12.9. The van der Waals surface area contributed by atoms with Crippen LogP contribution in [0.5, 0.6) is 5.75 Å². The average Bonchev–Trinajstić information content (AvgIpc) is 3.37. The van der Waals surface area contributed by atoms with E-state index in [9.17, 15) is 0 Å². The summed E-state index contributed by atoms with van der Waals surface area (Å²) in [6.07, 6.45) is 5.04. The van der Waals surface area contributed by atoms with E-state index in [-0.39, 0.29) is 6.04 Å². The van der Waals surface area contributed by atoms with Gasteiger partial charge in [0, 0.05) is 35.4 Å². The van der Waals surface area contributed by atoms with Crippen LogP contribution < -0.4 is 4.74 Å². The molecule has 1 atom stereocenters. The smallest absolute Gasteiger partial charge is 0.198 e. The minimum Gasteiger partial charge on any atom is -0.465 e. The first-order valence-corrected chi connectivity index (χ1v) is 10.9. The van der Waals surface area contributed by atoms with Gasteiger partial charge in [-0.25, -0.2) is 5.01 Å². The summed E-state index contributed by atoms with van der Waals surface area (Å²) in [5.74, 6) is 0.786. The number of hydrogen-bond donors (Lipinski definition) is 0. The van der Waals surface area contributed by atoms with Gasteiger partial charge in [0.15, 0.2) is 5.72 Å².